The maximum Gasteiger partial charge on any atom is 0.324 e. The standard InChI is InChI=1S/C14H16Cl2O2/c1-2-18-14(17)13(16)9-8-12(10-15)11-6-4-3-5-7-11/h3-8,13H,2,9-10H2,1H3/b12-8-. The third-order valence-electron chi connectivity index (χ3n) is 2.40. The first-order valence-corrected chi connectivity index (χ1v) is 6.77. The molecular formula is C14H16Cl2O2. The molecule has 2 nitrogen and oxygen atoms in total. The van der Waals surface area contributed by atoms with E-state index in [0.717, 1.165) is 11.1 Å². The molecular weight excluding hydrogens is 271 g/mol. The Morgan fingerprint density at radius 2 is 2.06 bits per heavy atom. The highest BCUT2D eigenvalue weighted by Crippen LogP contribution is 2.18. The summed E-state index contributed by atoms with van der Waals surface area (Å²) in [6.07, 6.45) is 2.30. The Kier molecular flexibility index (Phi) is 6.84. The smallest absolute Gasteiger partial charge is 0.324 e. The van der Waals surface area contributed by atoms with Crippen LogP contribution in [0, 0.1) is 0 Å². The summed E-state index contributed by atoms with van der Waals surface area (Å²) >= 11 is 11.8. The highest BCUT2D eigenvalue weighted by molar-refractivity contribution is 6.30. The van der Waals surface area contributed by atoms with E-state index < -0.39 is 11.3 Å². The fourth-order valence-corrected chi connectivity index (χ4v) is 1.89. The number of hydrogen-bond acceptors (Lipinski definition) is 2. The van der Waals surface area contributed by atoms with Gasteiger partial charge in [-0.3, -0.25) is 4.79 Å². The topological polar surface area (TPSA) is 26.3 Å². The molecule has 0 bridgehead atoms. The quantitative estimate of drug-likeness (QED) is 0.586. The van der Waals surface area contributed by atoms with E-state index in [1.165, 1.54) is 0 Å². The number of hydrogen-bond donors (Lipinski definition) is 0. The van der Waals surface area contributed by atoms with Gasteiger partial charge in [-0.1, -0.05) is 36.4 Å². The van der Waals surface area contributed by atoms with E-state index in [1.54, 1.807) is 6.92 Å². The van der Waals surface area contributed by atoms with Gasteiger partial charge in [0.2, 0.25) is 0 Å². The van der Waals surface area contributed by atoms with Gasteiger partial charge in [-0.25, -0.2) is 0 Å². The molecule has 0 saturated heterocycles. The average molecular weight is 287 g/mol. The van der Waals surface area contributed by atoms with Crippen LogP contribution in [0.2, 0.25) is 0 Å². The van der Waals surface area contributed by atoms with Gasteiger partial charge in [-0.15, -0.1) is 23.2 Å². The van der Waals surface area contributed by atoms with E-state index in [2.05, 4.69) is 0 Å². The Morgan fingerprint density at radius 3 is 2.61 bits per heavy atom. The Bertz CT molecular complexity index is 402. The van der Waals surface area contributed by atoms with E-state index in [1.807, 2.05) is 36.4 Å². The number of benzene rings is 1. The minimum absolute atomic E-state index is 0.340. The van der Waals surface area contributed by atoms with Crippen molar-refractivity contribution in [2.75, 3.05) is 12.5 Å². The van der Waals surface area contributed by atoms with Gasteiger partial charge in [0, 0.05) is 5.88 Å². The van der Waals surface area contributed by atoms with Gasteiger partial charge in [0.05, 0.1) is 6.61 Å². The first-order chi connectivity index (χ1) is 8.69. The summed E-state index contributed by atoms with van der Waals surface area (Å²) < 4.78 is 4.84. The Balaban J connectivity index is 2.67. The van der Waals surface area contributed by atoms with Crippen LogP contribution in [0.3, 0.4) is 0 Å². The van der Waals surface area contributed by atoms with Crippen LogP contribution in [0.5, 0.6) is 0 Å². The number of rotatable bonds is 6. The van der Waals surface area contributed by atoms with Crippen LogP contribution in [0.15, 0.2) is 36.4 Å². The lowest BCUT2D eigenvalue weighted by molar-refractivity contribution is -0.142. The zero-order valence-electron chi connectivity index (χ0n) is 10.2. The number of halogens is 2. The molecule has 0 aliphatic rings. The third kappa shape index (κ3) is 4.71. The number of carbonyl (C=O) groups is 1. The van der Waals surface area contributed by atoms with Crippen LogP contribution in [0.4, 0.5) is 0 Å². The van der Waals surface area contributed by atoms with Crippen LogP contribution >= 0.6 is 23.2 Å². The Labute approximate surface area is 118 Å². The molecule has 0 aliphatic heterocycles. The zero-order valence-corrected chi connectivity index (χ0v) is 11.7. The SMILES string of the molecule is CCOC(=O)C(Cl)C/C=C(/CCl)c1ccccc1. The number of carbonyl (C=O) groups excluding carboxylic acids is 1. The van der Waals surface area contributed by atoms with Crippen molar-refractivity contribution < 1.29 is 9.53 Å². The molecule has 0 aliphatic carbocycles. The molecule has 0 saturated carbocycles. The average Bonchev–Trinajstić information content (AvgIpc) is 2.40. The summed E-state index contributed by atoms with van der Waals surface area (Å²) in [7, 11) is 0. The molecule has 98 valence electrons. The molecule has 4 heteroatoms. The second-order valence-corrected chi connectivity index (χ2v) is 4.48. The second kappa shape index (κ2) is 8.17. The molecule has 0 N–H and O–H groups in total. The highest BCUT2D eigenvalue weighted by Gasteiger charge is 2.15. The first kappa shape index (κ1) is 15.1. The van der Waals surface area contributed by atoms with Gasteiger partial charge < -0.3 is 4.74 Å². The van der Waals surface area contributed by atoms with E-state index >= 15 is 0 Å². The molecule has 0 aromatic heterocycles. The van der Waals surface area contributed by atoms with Crippen LogP contribution in [-0.2, 0) is 9.53 Å². The van der Waals surface area contributed by atoms with Gasteiger partial charge in [0.1, 0.15) is 5.38 Å². The predicted molar refractivity (Wildman–Crippen MR) is 76.0 cm³/mol. The second-order valence-electron chi connectivity index (χ2n) is 3.68. The minimum atomic E-state index is -0.660. The van der Waals surface area contributed by atoms with Crippen molar-refractivity contribution in [3.8, 4) is 0 Å². The highest BCUT2D eigenvalue weighted by atomic mass is 35.5. The molecule has 0 amide bonds. The first-order valence-electron chi connectivity index (χ1n) is 5.80. The summed E-state index contributed by atoms with van der Waals surface area (Å²) in [6, 6.07) is 9.78. The summed E-state index contributed by atoms with van der Waals surface area (Å²) in [5.41, 5.74) is 2.01. The number of ether oxygens (including phenoxy) is 1. The number of alkyl halides is 2. The van der Waals surface area contributed by atoms with E-state index in [4.69, 9.17) is 27.9 Å². The fraction of sp³-hybridized carbons (Fsp3) is 0.357. The van der Waals surface area contributed by atoms with E-state index in [0.29, 0.717) is 18.9 Å². The lowest BCUT2D eigenvalue weighted by Crippen LogP contribution is -2.17. The largest absolute Gasteiger partial charge is 0.465 e. The van der Waals surface area contributed by atoms with Crippen molar-refractivity contribution in [2.24, 2.45) is 0 Å². The van der Waals surface area contributed by atoms with Crippen LogP contribution in [0.25, 0.3) is 5.57 Å². The van der Waals surface area contributed by atoms with E-state index in [-0.39, 0.29) is 0 Å². The predicted octanol–water partition coefficient (Wildman–Crippen LogP) is 3.87. The summed E-state index contributed by atoms with van der Waals surface area (Å²) in [6.45, 7) is 2.10. The Morgan fingerprint density at radius 1 is 1.39 bits per heavy atom. The Hall–Kier alpha value is -0.990. The minimum Gasteiger partial charge on any atom is -0.465 e. The van der Waals surface area contributed by atoms with Gasteiger partial charge in [-0.2, -0.15) is 0 Å². The van der Waals surface area contributed by atoms with Crippen molar-refractivity contribution in [2.45, 2.75) is 18.7 Å². The van der Waals surface area contributed by atoms with Crippen molar-refractivity contribution in [1.29, 1.82) is 0 Å². The van der Waals surface area contributed by atoms with Crippen LogP contribution < -0.4 is 0 Å². The third-order valence-corrected chi connectivity index (χ3v) is 3.05. The van der Waals surface area contributed by atoms with Crippen molar-refractivity contribution >= 4 is 34.7 Å². The molecule has 1 aromatic carbocycles. The van der Waals surface area contributed by atoms with E-state index in [9.17, 15) is 4.79 Å². The molecule has 1 rings (SSSR count). The van der Waals surface area contributed by atoms with Crippen molar-refractivity contribution in [3.05, 3.63) is 42.0 Å². The van der Waals surface area contributed by atoms with Gasteiger partial charge >= 0.3 is 5.97 Å². The van der Waals surface area contributed by atoms with Gasteiger partial charge in [-0.05, 0) is 24.5 Å². The van der Waals surface area contributed by atoms with Crippen molar-refractivity contribution in [3.63, 3.8) is 0 Å². The summed E-state index contributed by atoms with van der Waals surface area (Å²) in [5, 5.41) is -0.660. The monoisotopic (exact) mass is 286 g/mol. The zero-order chi connectivity index (χ0) is 13.4. The van der Waals surface area contributed by atoms with Gasteiger partial charge in [0.15, 0.2) is 0 Å². The van der Waals surface area contributed by atoms with Crippen molar-refractivity contribution in [1.82, 2.24) is 0 Å². The molecule has 1 atom stereocenters. The summed E-state index contributed by atoms with van der Waals surface area (Å²) in [4.78, 5) is 11.4. The lowest BCUT2D eigenvalue weighted by atomic mass is 10.1. The normalized spacial score (nSPS) is 13.2. The molecule has 0 spiro atoms. The maximum absolute atomic E-state index is 11.4. The van der Waals surface area contributed by atoms with Gasteiger partial charge in [0.25, 0.3) is 0 Å². The number of allylic oxidation sites excluding steroid dienone is 2. The summed E-state index contributed by atoms with van der Waals surface area (Å²) in [5.74, 6) is -0.00593. The molecule has 0 radical (unpaired) electrons. The molecule has 1 aromatic rings. The molecule has 0 fully saturated rings. The fourth-order valence-electron chi connectivity index (χ4n) is 1.48. The molecule has 18 heavy (non-hydrogen) atoms. The molecule has 0 heterocycles. The lowest BCUT2D eigenvalue weighted by Gasteiger charge is -2.08. The number of esters is 1. The van der Waals surface area contributed by atoms with Crippen LogP contribution in [-0.4, -0.2) is 23.8 Å². The van der Waals surface area contributed by atoms with Crippen LogP contribution in [0.1, 0.15) is 18.9 Å². The maximum atomic E-state index is 11.4. The molecule has 1 unspecified atom stereocenters.